The zero-order chi connectivity index (χ0) is 12.5. The minimum atomic E-state index is -0.424. The second-order valence-electron chi connectivity index (χ2n) is 5.72. The molecule has 3 nitrogen and oxygen atoms in total. The van der Waals surface area contributed by atoms with Crippen molar-refractivity contribution in [2.45, 2.75) is 51.2 Å². The Balaban J connectivity index is 1.78. The molecule has 2 fully saturated rings. The highest BCUT2D eigenvalue weighted by molar-refractivity contribution is 5.42. The fourth-order valence-corrected chi connectivity index (χ4v) is 3.50. The molecule has 0 spiro atoms. The first-order valence-electron chi connectivity index (χ1n) is 7.16. The number of pyridine rings is 1. The highest BCUT2D eigenvalue weighted by atomic mass is 16.3. The number of hydrogen-bond donors (Lipinski definition) is 1. The Labute approximate surface area is 109 Å². The number of nitrogens with zero attached hydrogens (tertiary/aromatic N) is 2. The number of hydrogen-bond acceptors (Lipinski definition) is 3. The molecule has 2 heterocycles. The molecule has 0 amide bonds. The van der Waals surface area contributed by atoms with Crippen LogP contribution in [0.5, 0.6) is 0 Å². The predicted molar refractivity (Wildman–Crippen MR) is 72.6 cm³/mol. The van der Waals surface area contributed by atoms with E-state index in [9.17, 15) is 5.11 Å². The van der Waals surface area contributed by atoms with Gasteiger partial charge in [0, 0.05) is 18.8 Å². The first kappa shape index (κ1) is 12.0. The number of anilines is 1. The predicted octanol–water partition coefficient (Wildman–Crippen LogP) is 2.90. The second kappa shape index (κ2) is 4.88. The van der Waals surface area contributed by atoms with E-state index in [0.29, 0.717) is 6.04 Å². The fraction of sp³-hybridized carbons (Fsp3) is 0.667. The van der Waals surface area contributed by atoms with Crippen LogP contribution in [0.4, 0.5) is 5.82 Å². The summed E-state index contributed by atoms with van der Waals surface area (Å²) in [5, 5.41) is 9.51. The quantitative estimate of drug-likeness (QED) is 0.871. The maximum absolute atomic E-state index is 9.51. The largest absolute Gasteiger partial charge is 0.389 e. The van der Waals surface area contributed by atoms with Gasteiger partial charge >= 0.3 is 0 Å². The third-order valence-electron chi connectivity index (χ3n) is 4.56. The highest BCUT2D eigenvalue weighted by Gasteiger charge is 2.36. The molecule has 3 atom stereocenters. The zero-order valence-electron chi connectivity index (χ0n) is 11.0. The van der Waals surface area contributed by atoms with Crippen LogP contribution in [0.25, 0.3) is 0 Å². The van der Waals surface area contributed by atoms with Crippen molar-refractivity contribution in [3.05, 3.63) is 23.9 Å². The number of rotatable bonds is 2. The minimum Gasteiger partial charge on any atom is -0.389 e. The summed E-state index contributed by atoms with van der Waals surface area (Å²) in [5.41, 5.74) is 0.901. The van der Waals surface area contributed by atoms with Gasteiger partial charge in [-0.2, -0.15) is 0 Å². The lowest BCUT2D eigenvalue weighted by atomic mass is 9.85. The Bertz CT molecular complexity index is 401. The maximum atomic E-state index is 9.51. The van der Waals surface area contributed by atoms with Gasteiger partial charge in [-0.05, 0) is 43.7 Å². The monoisotopic (exact) mass is 246 g/mol. The first-order valence-corrected chi connectivity index (χ1v) is 7.16. The van der Waals surface area contributed by atoms with Crippen LogP contribution in [-0.4, -0.2) is 22.7 Å². The van der Waals surface area contributed by atoms with Gasteiger partial charge in [0.05, 0.1) is 6.10 Å². The van der Waals surface area contributed by atoms with Gasteiger partial charge in [-0.15, -0.1) is 0 Å². The van der Waals surface area contributed by atoms with E-state index in [1.54, 1.807) is 6.92 Å². The van der Waals surface area contributed by atoms with Crippen LogP contribution in [0.3, 0.4) is 0 Å². The second-order valence-corrected chi connectivity index (χ2v) is 5.72. The Morgan fingerprint density at radius 1 is 1.28 bits per heavy atom. The molecule has 2 aliphatic rings. The Morgan fingerprint density at radius 3 is 2.83 bits per heavy atom. The van der Waals surface area contributed by atoms with Gasteiger partial charge in [0.25, 0.3) is 0 Å². The number of fused-ring (bicyclic) bond motifs is 1. The normalized spacial score (nSPS) is 29.1. The number of aliphatic hydroxyl groups excluding tert-OH is 1. The van der Waals surface area contributed by atoms with Crippen molar-refractivity contribution < 1.29 is 5.11 Å². The van der Waals surface area contributed by atoms with Crippen molar-refractivity contribution in [2.24, 2.45) is 5.92 Å². The van der Waals surface area contributed by atoms with Gasteiger partial charge in [-0.1, -0.05) is 18.9 Å². The lowest BCUT2D eigenvalue weighted by Crippen LogP contribution is -2.35. The highest BCUT2D eigenvalue weighted by Crippen LogP contribution is 2.38. The molecule has 1 saturated carbocycles. The third-order valence-corrected chi connectivity index (χ3v) is 4.56. The van der Waals surface area contributed by atoms with Crippen molar-refractivity contribution in [3.8, 4) is 0 Å². The van der Waals surface area contributed by atoms with Crippen LogP contribution in [0, 0.1) is 5.92 Å². The summed E-state index contributed by atoms with van der Waals surface area (Å²) in [5.74, 6) is 1.98. The Hall–Kier alpha value is -1.09. The molecule has 0 aromatic carbocycles. The van der Waals surface area contributed by atoms with E-state index in [1.165, 1.54) is 32.1 Å². The van der Waals surface area contributed by atoms with Crippen molar-refractivity contribution in [3.63, 3.8) is 0 Å². The molecule has 1 aromatic rings. The molecule has 1 aliphatic carbocycles. The molecule has 3 heteroatoms. The van der Waals surface area contributed by atoms with Gasteiger partial charge in [-0.3, -0.25) is 0 Å². The van der Waals surface area contributed by atoms with E-state index >= 15 is 0 Å². The molecule has 0 radical (unpaired) electrons. The number of aromatic nitrogens is 1. The summed E-state index contributed by atoms with van der Waals surface area (Å²) < 4.78 is 0. The van der Waals surface area contributed by atoms with Gasteiger partial charge < -0.3 is 10.0 Å². The molecule has 98 valence electrons. The topological polar surface area (TPSA) is 36.4 Å². The van der Waals surface area contributed by atoms with Crippen molar-refractivity contribution in [2.75, 3.05) is 11.4 Å². The molecule has 1 aromatic heterocycles. The van der Waals surface area contributed by atoms with E-state index in [-0.39, 0.29) is 0 Å². The molecule has 1 aliphatic heterocycles. The van der Waals surface area contributed by atoms with Crippen molar-refractivity contribution in [1.82, 2.24) is 4.98 Å². The van der Waals surface area contributed by atoms with Crippen LogP contribution in [0.15, 0.2) is 18.3 Å². The summed E-state index contributed by atoms with van der Waals surface area (Å²) in [6.07, 6.45) is 8.21. The van der Waals surface area contributed by atoms with Gasteiger partial charge in [0.15, 0.2) is 0 Å². The van der Waals surface area contributed by atoms with Crippen LogP contribution < -0.4 is 4.90 Å². The average Bonchev–Trinajstić information content (AvgIpc) is 2.82. The van der Waals surface area contributed by atoms with Gasteiger partial charge in [0.1, 0.15) is 5.82 Å². The summed E-state index contributed by atoms with van der Waals surface area (Å²) in [7, 11) is 0. The first-order chi connectivity index (χ1) is 8.75. The smallest absolute Gasteiger partial charge is 0.128 e. The summed E-state index contributed by atoms with van der Waals surface area (Å²) in [4.78, 5) is 7.02. The summed E-state index contributed by atoms with van der Waals surface area (Å²) >= 11 is 0. The lowest BCUT2D eigenvalue weighted by Gasteiger charge is -2.32. The van der Waals surface area contributed by atoms with E-state index in [4.69, 9.17) is 0 Å². The summed E-state index contributed by atoms with van der Waals surface area (Å²) in [6.45, 7) is 2.93. The molecule has 3 unspecified atom stereocenters. The molecule has 3 rings (SSSR count). The standard InChI is InChI=1S/C15H22N2O/c1-11(18)13-6-7-15(16-10-13)17-9-8-12-4-2-3-5-14(12)17/h6-7,10-12,14,18H,2-5,8-9H2,1H3. The van der Waals surface area contributed by atoms with Crippen LogP contribution in [-0.2, 0) is 0 Å². The van der Waals surface area contributed by atoms with Crippen LogP contribution >= 0.6 is 0 Å². The summed E-state index contributed by atoms with van der Waals surface area (Å²) in [6, 6.07) is 4.78. The zero-order valence-corrected chi connectivity index (χ0v) is 11.0. The van der Waals surface area contributed by atoms with E-state index < -0.39 is 6.10 Å². The molecular weight excluding hydrogens is 224 g/mol. The van der Waals surface area contributed by atoms with Crippen molar-refractivity contribution >= 4 is 5.82 Å². The van der Waals surface area contributed by atoms with Gasteiger partial charge in [0.2, 0.25) is 0 Å². The van der Waals surface area contributed by atoms with E-state index in [1.807, 2.05) is 12.3 Å². The van der Waals surface area contributed by atoms with Gasteiger partial charge in [-0.25, -0.2) is 4.98 Å². The molecular formula is C15H22N2O. The number of aliphatic hydroxyl groups is 1. The maximum Gasteiger partial charge on any atom is 0.128 e. The third kappa shape index (κ3) is 2.12. The molecule has 18 heavy (non-hydrogen) atoms. The average molecular weight is 246 g/mol. The van der Waals surface area contributed by atoms with E-state index in [0.717, 1.165) is 23.8 Å². The lowest BCUT2D eigenvalue weighted by molar-refractivity contribution is 0.199. The minimum absolute atomic E-state index is 0.424. The molecule has 1 N–H and O–H groups in total. The molecule has 0 bridgehead atoms. The fourth-order valence-electron chi connectivity index (χ4n) is 3.50. The van der Waals surface area contributed by atoms with Crippen LogP contribution in [0.2, 0.25) is 0 Å². The SMILES string of the molecule is CC(O)c1ccc(N2CCC3CCCCC32)nc1. The Kier molecular flexibility index (Phi) is 3.25. The Morgan fingerprint density at radius 2 is 2.11 bits per heavy atom. The van der Waals surface area contributed by atoms with Crippen LogP contribution in [0.1, 0.15) is 50.7 Å². The van der Waals surface area contributed by atoms with E-state index in [2.05, 4.69) is 16.0 Å². The van der Waals surface area contributed by atoms with Crippen molar-refractivity contribution in [1.29, 1.82) is 0 Å². The molecule has 1 saturated heterocycles.